The van der Waals surface area contributed by atoms with Gasteiger partial charge in [0, 0.05) is 25.1 Å². The Kier molecular flexibility index (Phi) is 10.5. The Labute approximate surface area is 248 Å². The number of methoxy groups -OCH3 is 2. The summed E-state index contributed by atoms with van der Waals surface area (Å²) in [4.78, 5) is 29.6. The van der Waals surface area contributed by atoms with Crippen LogP contribution in [0.15, 0.2) is 78.9 Å². The van der Waals surface area contributed by atoms with Crippen LogP contribution in [0.4, 0.5) is 5.69 Å². The first-order chi connectivity index (χ1) is 20.2. The molecule has 0 heterocycles. The van der Waals surface area contributed by atoms with Gasteiger partial charge in [0.1, 0.15) is 24.1 Å². The molecule has 1 fully saturated rings. The molecule has 1 atom stereocenters. The second-order valence-electron chi connectivity index (χ2n) is 10.5. The molecule has 3 aromatic rings. The van der Waals surface area contributed by atoms with Crippen molar-refractivity contribution in [2.24, 2.45) is 0 Å². The SMILES string of the molecule is COc1cccc(CN(C(=O)CN(c2cccc(OC)c2)S(C)(=O)=O)C(Cc2ccccc2)C(=O)NC2CCCC2)c1. The van der Waals surface area contributed by atoms with Crippen molar-refractivity contribution in [2.45, 2.75) is 50.7 Å². The Morgan fingerprint density at radius 2 is 1.50 bits per heavy atom. The molecule has 0 aliphatic heterocycles. The van der Waals surface area contributed by atoms with Gasteiger partial charge >= 0.3 is 0 Å². The standard InChI is InChI=1S/C32H39N3O6S/c1-40-28-17-9-13-25(19-28)22-34(31(36)23-35(42(3,38)39)27-16-10-18-29(21-27)41-2)30(20-24-11-5-4-6-12-24)32(37)33-26-14-7-8-15-26/h4-6,9-13,16-19,21,26,30H,7-8,14-15,20,22-23H2,1-3H3,(H,33,37). The maximum Gasteiger partial charge on any atom is 0.244 e. The van der Waals surface area contributed by atoms with E-state index < -0.39 is 28.5 Å². The molecule has 3 aromatic carbocycles. The summed E-state index contributed by atoms with van der Waals surface area (Å²) in [6.07, 6.45) is 5.21. The number of carbonyl (C=O) groups is 2. The van der Waals surface area contributed by atoms with Crippen molar-refractivity contribution < 1.29 is 27.5 Å². The first-order valence-electron chi connectivity index (χ1n) is 14.1. The van der Waals surface area contributed by atoms with Gasteiger partial charge in [0.25, 0.3) is 0 Å². The number of hydrogen-bond donors (Lipinski definition) is 1. The minimum absolute atomic E-state index is 0.0499. The van der Waals surface area contributed by atoms with E-state index in [4.69, 9.17) is 9.47 Å². The molecule has 42 heavy (non-hydrogen) atoms. The highest BCUT2D eigenvalue weighted by molar-refractivity contribution is 7.92. The molecule has 10 heteroatoms. The molecule has 2 amide bonds. The van der Waals surface area contributed by atoms with Crippen LogP contribution in [0.5, 0.6) is 11.5 Å². The maximum absolute atomic E-state index is 14.2. The smallest absolute Gasteiger partial charge is 0.244 e. The topological polar surface area (TPSA) is 105 Å². The van der Waals surface area contributed by atoms with Crippen molar-refractivity contribution in [2.75, 3.05) is 31.3 Å². The normalized spacial score (nSPS) is 14.2. The quantitative estimate of drug-likeness (QED) is 0.319. The van der Waals surface area contributed by atoms with E-state index in [1.54, 1.807) is 37.4 Å². The molecular formula is C32H39N3O6S. The summed E-state index contributed by atoms with van der Waals surface area (Å²) in [5.74, 6) is 0.312. The van der Waals surface area contributed by atoms with E-state index in [0.717, 1.165) is 47.4 Å². The molecule has 9 nitrogen and oxygen atoms in total. The highest BCUT2D eigenvalue weighted by atomic mass is 32.2. The van der Waals surface area contributed by atoms with Crippen LogP contribution in [0.1, 0.15) is 36.8 Å². The molecular weight excluding hydrogens is 554 g/mol. The molecule has 1 aliphatic carbocycles. The highest BCUT2D eigenvalue weighted by Gasteiger charge is 2.34. The fraction of sp³-hybridized carbons (Fsp3) is 0.375. The number of hydrogen-bond acceptors (Lipinski definition) is 6. The van der Waals surface area contributed by atoms with E-state index in [1.165, 1.54) is 12.0 Å². The molecule has 1 unspecified atom stereocenters. The Morgan fingerprint density at radius 1 is 0.881 bits per heavy atom. The summed E-state index contributed by atoms with van der Waals surface area (Å²) in [6.45, 7) is -0.403. The van der Waals surface area contributed by atoms with Crippen LogP contribution < -0.4 is 19.1 Å². The Hall–Kier alpha value is -4.05. The minimum atomic E-state index is -3.87. The molecule has 1 aliphatic rings. The van der Waals surface area contributed by atoms with Crippen molar-refractivity contribution in [1.82, 2.24) is 10.2 Å². The van der Waals surface area contributed by atoms with Crippen LogP contribution >= 0.6 is 0 Å². The summed E-state index contributed by atoms with van der Waals surface area (Å²) >= 11 is 0. The number of carbonyl (C=O) groups excluding carboxylic acids is 2. The number of rotatable bonds is 13. The number of ether oxygens (including phenoxy) is 2. The van der Waals surface area contributed by atoms with E-state index in [1.807, 2.05) is 48.5 Å². The number of sulfonamides is 1. The number of anilines is 1. The molecule has 0 aromatic heterocycles. The van der Waals surface area contributed by atoms with Gasteiger partial charge in [-0.2, -0.15) is 0 Å². The van der Waals surface area contributed by atoms with Crippen molar-refractivity contribution in [1.29, 1.82) is 0 Å². The minimum Gasteiger partial charge on any atom is -0.497 e. The van der Waals surface area contributed by atoms with Gasteiger partial charge in [-0.3, -0.25) is 13.9 Å². The zero-order valence-electron chi connectivity index (χ0n) is 24.4. The van der Waals surface area contributed by atoms with Crippen molar-refractivity contribution in [3.63, 3.8) is 0 Å². The number of benzene rings is 3. The van der Waals surface area contributed by atoms with Gasteiger partial charge in [0.05, 0.1) is 26.2 Å². The lowest BCUT2D eigenvalue weighted by Gasteiger charge is -2.34. The van der Waals surface area contributed by atoms with Gasteiger partial charge in [-0.15, -0.1) is 0 Å². The number of nitrogens with one attached hydrogen (secondary N) is 1. The van der Waals surface area contributed by atoms with Crippen molar-refractivity contribution in [3.8, 4) is 11.5 Å². The van der Waals surface area contributed by atoms with Gasteiger partial charge in [0.15, 0.2) is 0 Å². The zero-order valence-corrected chi connectivity index (χ0v) is 25.2. The second-order valence-corrected chi connectivity index (χ2v) is 12.4. The fourth-order valence-corrected chi connectivity index (χ4v) is 6.11. The maximum atomic E-state index is 14.2. The largest absolute Gasteiger partial charge is 0.497 e. The third-order valence-corrected chi connectivity index (χ3v) is 8.62. The molecule has 1 N–H and O–H groups in total. The van der Waals surface area contributed by atoms with Gasteiger partial charge in [-0.05, 0) is 48.2 Å². The molecule has 0 spiro atoms. The van der Waals surface area contributed by atoms with E-state index in [9.17, 15) is 18.0 Å². The highest BCUT2D eigenvalue weighted by Crippen LogP contribution is 2.25. The van der Waals surface area contributed by atoms with Crippen LogP contribution in [0.25, 0.3) is 0 Å². The summed E-state index contributed by atoms with van der Waals surface area (Å²) in [6, 6.07) is 22.5. The predicted molar refractivity (Wildman–Crippen MR) is 163 cm³/mol. The number of nitrogens with zero attached hydrogens (tertiary/aromatic N) is 2. The van der Waals surface area contributed by atoms with Crippen molar-refractivity contribution >= 4 is 27.5 Å². The Balaban J connectivity index is 1.74. The van der Waals surface area contributed by atoms with E-state index >= 15 is 0 Å². The molecule has 1 saturated carbocycles. The number of amides is 2. The van der Waals surface area contributed by atoms with E-state index in [-0.39, 0.29) is 24.9 Å². The Bertz CT molecular complexity index is 1460. The van der Waals surface area contributed by atoms with Gasteiger partial charge < -0.3 is 19.7 Å². The fourth-order valence-electron chi connectivity index (χ4n) is 5.27. The third kappa shape index (κ3) is 8.25. The Morgan fingerprint density at radius 3 is 2.14 bits per heavy atom. The molecule has 4 rings (SSSR count). The summed E-state index contributed by atoms with van der Waals surface area (Å²) < 4.78 is 37.7. The first kappa shape index (κ1) is 30.9. The van der Waals surface area contributed by atoms with Crippen LogP contribution in [0, 0.1) is 0 Å². The van der Waals surface area contributed by atoms with Crippen LogP contribution in [-0.2, 0) is 32.6 Å². The molecule has 0 radical (unpaired) electrons. The van der Waals surface area contributed by atoms with Crippen LogP contribution in [0.3, 0.4) is 0 Å². The molecule has 224 valence electrons. The van der Waals surface area contributed by atoms with Crippen molar-refractivity contribution in [3.05, 3.63) is 90.0 Å². The van der Waals surface area contributed by atoms with Crippen LogP contribution in [0.2, 0.25) is 0 Å². The van der Waals surface area contributed by atoms with E-state index in [0.29, 0.717) is 17.2 Å². The van der Waals surface area contributed by atoms with Crippen LogP contribution in [-0.4, -0.2) is 64.2 Å². The van der Waals surface area contributed by atoms with E-state index in [2.05, 4.69) is 5.32 Å². The second kappa shape index (κ2) is 14.2. The van der Waals surface area contributed by atoms with Gasteiger partial charge in [-0.1, -0.05) is 61.4 Å². The molecule has 0 bridgehead atoms. The lowest BCUT2D eigenvalue weighted by molar-refractivity contribution is -0.140. The molecule has 0 saturated heterocycles. The first-order valence-corrected chi connectivity index (χ1v) is 15.9. The third-order valence-electron chi connectivity index (χ3n) is 7.48. The average Bonchev–Trinajstić information content (AvgIpc) is 3.50. The van der Waals surface area contributed by atoms with Gasteiger partial charge in [0.2, 0.25) is 21.8 Å². The predicted octanol–water partition coefficient (Wildman–Crippen LogP) is 4.17. The zero-order chi connectivity index (χ0) is 30.1. The average molecular weight is 594 g/mol. The lowest BCUT2D eigenvalue weighted by Crippen LogP contribution is -2.54. The summed E-state index contributed by atoms with van der Waals surface area (Å²) in [5.41, 5.74) is 1.93. The summed E-state index contributed by atoms with van der Waals surface area (Å²) in [7, 11) is -0.818. The monoisotopic (exact) mass is 593 g/mol. The van der Waals surface area contributed by atoms with Gasteiger partial charge in [-0.25, -0.2) is 8.42 Å². The summed E-state index contributed by atoms with van der Waals surface area (Å²) in [5, 5.41) is 3.17. The lowest BCUT2D eigenvalue weighted by atomic mass is 10.0.